The van der Waals surface area contributed by atoms with E-state index in [0.717, 1.165) is 5.56 Å². The number of anilines is 5. The lowest BCUT2D eigenvalue weighted by atomic mass is 10.1. The molecule has 0 fully saturated rings. The standard InChI is InChI=1S/C31H28N8O3.C30H33N5O5.C25H25N5O3/c1-3-23(37-28-22(16-32)27(33)35-18-36-28)29-38-25-11-7-10-24(26(25)30(40)39(29)21-8-5-4-6-9-21)34-17-19-12-14-20(15-13-19)31(41)42-2;1-6-22(34-29(38)40-30(2,3)4)26-33-24-14-10-13-23(25(24)27(36)35(26)21-11-8-7-9-12-21)32-18-20-16-15-19(17-31-20)28(37)39-5;1-3-19(26)23-29-21-11-7-10-20(22(21)24(31)30(23)18-8-5-4-6-9-18)28-15-17-13-12-16(14-27-17)25(32)33-2/h4-15,18,23,34H,3,17H2,1-2H3,(H3,33,35,36,37);7-17,22,32H,6,18H2,1-5H3,(H,34,38);4-14,19,28H,3,15,26H2,1-2H3/t23-;22-;19-/m000/s1. The van der Waals surface area contributed by atoms with Gasteiger partial charge in [-0.05, 0) is 155 Å². The van der Waals surface area contributed by atoms with Crippen LogP contribution in [0.3, 0.4) is 0 Å². The summed E-state index contributed by atoms with van der Waals surface area (Å²) in [4.78, 5) is 121. The van der Waals surface area contributed by atoms with Crippen LogP contribution in [0.1, 0.15) is 150 Å². The van der Waals surface area contributed by atoms with Gasteiger partial charge in [-0.3, -0.25) is 38.1 Å². The Labute approximate surface area is 661 Å². The molecule has 1 amide bonds. The van der Waals surface area contributed by atoms with E-state index in [-0.39, 0.29) is 39.9 Å². The fraction of sp³-hybridized carbons (Fsp3) is 0.221. The second-order valence-corrected chi connectivity index (χ2v) is 27.1. The zero-order valence-corrected chi connectivity index (χ0v) is 64.7. The number of ether oxygens (including phenoxy) is 4. The van der Waals surface area contributed by atoms with E-state index in [9.17, 15) is 38.8 Å². The van der Waals surface area contributed by atoms with Gasteiger partial charge in [0.05, 0.1) is 130 Å². The highest BCUT2D eigenvalue weighted by Crippen LogP contribution is 2.31. The van der Waals surface area contributed by atoms with Crippen molar-refractivity contribution in [3.8, 4) is 23.1 Å². The number of hydrogen-bond donors (Lipinski definition) is 7. The number of nitrogens with two attached hydrogens (primary N) is 2. The molecule has 0 aliphatic heterocycles. The molecule has 0 bridgehead atoms. The predicted octanol–water partition coefficient (Wildman–Crippen LogP) is 13.3. The second kappa shape index (κ2) is 37.5. The van der Waals surface area contributed by atoms with Crippen LogP contribution in [0.15, 0.2) is 227 Å². The topological polar surface area (TPSA) is 397 Å². The number of rotatable bonds is 24. The van der Waals surface area contributed by atoms with Crippen LogP contribution in [0.2, 0.25) is 0 Å². The van der Waals surface area contributed by atoms with Crippen molar-refractivity contribution in [1.82, 2.24) is 53.9 Å². The molecular weight excluding hydrogens is 1460 g/mol. The van der Waals surface area contributed by atoms with Gasteiger partial charge in [0.1, 0.15) is 52.7 Å². The number of alkyl carbamates (subject to hydrolysis) is 1. The summed E-state index contributed by atoms with van der Waals surface area (Å²) in [6, 6.07) is 58.6. The third-order valence-corrected chi connectivity index (χ3v) is 18.3. The zero-order valence-electron chi connectivity index (χ0n) is 64.7. The Balaban J connectivity index is 0.000000171. The first kappa shape index (κ1) is 81.5. The van der Waals surface area contributed by atoms with Crippen molar-refractivity contribution < 1.29 is 38.1 Å². The fourth-order valence-electron chi connectivity index (χ4n) is 12.5. The highest BCUT2D eigenvalue weighted by molar-refractivity contribution is 5.94. The summed E-state index contributed by atoms with van der Waals surface area (Å²) < 4.78 is 24.4. The molecule has 0 aliphatic carbocycles. The molecule has 0 radical (unpaired) electrons. The summed E-state index contributed by atoms with van der Waals surface area (Å²) in [5.41, 5.74) is 19.8. The number of para-hydroxylation sites is 3. The minimum absolute atomic E-state index is 0.0624. The highest BCUT2D eigenvalue weighted by atomic mass is 16.6. The van der Waals surface area contributed by atoms with Crippen molar-refractivity contribution in [3.05, 3.63) is 301 Å². The van der Waals surface area contributed by atoms with Crippen LogP contribution in [0.25, 0.3) is 49.8 Å². The van der Waals surface area contributed by atoms with Gasteiger partial charge in [0.15, 0.2) is 0 Å². The van der Waals surface area contributed by atoms with Gasteiger partial charge >= 0.3 is 24.0 Å². The van der Waals surface area contributed by atoms with Gasteiger partial charge in [-0.15, -0.1) is 0 Å². The molecule has 7 aromatic carbocycles. The predicted molar refractivity (Wildman–Crippen MR) is 440 cm³/mol. The number of fused-ring (bicyclic) bond motifs is 3. The molecule has 586 valence electrons. The summed E-state index contributed by atoms with van der Waals surface area (Å²) in [6.07, 6.45) is 5.27. The number of hydrogen-bond acceptors (Lipinski definition) is 25. The zero-order chi connectivity index (χ0) is 81.9. The molecule has 29 heteroatoms. The van der Waals surface area contributed by atoms with Gasteiger partial charge in [0.25, 0.3) is 16.7 Å². The van der Waals surface area contributed by atoms with Crippen LogP contribution in [-0.4, -0.2) is 99.5 Å². The van der Waals surface area contributed by atoms with E-state index in [1.165, 1.54) is 44.6 Å². The maximum atomic E-state index is 14.3. The minimum atomic E-state index is -0.673. The van der Waals surface area contributed by atoms with E-state index in [4.69, 9.17) is 45.4 Å². The van der Waals surface area contributed by atoms with Crippen LogP contribution >= 0.6 is 0 Å². The number of esters is 3. The number of aromatic nitrogens is 10. The lowest BCUT2D eigenvalue weighted by Gasteiger charge is -2.25. The quantitative estimate of drug-likeness (QED) is 0.0218. The number of pyridine rings is 2. The Bertz CT molecular complexity index is 5880. The summed E-state index contributed by atoms with van der Waals surface area (Å²) in [5.74, 6) is 0.400. The van der Waals surface area contributed by atoms with E-state index in [1.54, 1.807) is 84.5 Å². The molecule has 9 N–H and O–H groups in total. The van der Waals surface area contributed by atoms with Gasteiger partial charge in [0, 0.05) is 36.0 Å². The molecule has 6 aromatic heterocycles. The smallest absolute Gasteiger partial charge is 0.408 e. The largest absolute Gasteiger partial charge is 0.465 e. The van der Waals surface area contributed by atoms with Gasteiger partial charge in [-0.2, -0.15) is 5.26 Å². The van der Waals surface area contributed by atoms with Crippen LogP contribution in [0.4, 0.5) is 33.5 Å². The molecule has 13 rings (SSSR count). The third-order valence-electron chi connectivity index (χ3n) is 18.3. The molecular formula is C86H86N18O11. The van der Waals surface area contributed by atoms with Crippen LogP contribution in [0, 0.1) is 11.3 Å². The second-order valence-electron chi connectivity index (χ2n) is 27.1. The molecule has 0 spiro atoms. The number of carbonyl (C=O) groups excluding carboxylic acids is 4. The Morgan fingerprint density at radius 2 is 0.878 bits per heavy atom. The van der Waals surface area contributed by atoms with Crippen molar-refractivity contribution >= 4 is 85.4 Å². The highest BCUT2D eigenvalue weighted by Gasteiger charge is 2.28. The number of benzene rings is 7. The number of nitrogen functional groups attached to an aromatic ring is 1. The van der Waals surface area contributed by atoms with Crippen molar-refractivity contribution in [1.29, 1.82) is 5.26 Å². The van der Waals surface area contributed by atoms with Crippen LogP contribution < -0.4 is 54.7 Å². The van der Waals surface area contributed by atoms with Crippen molar-refractivity contribution in [3.63, 3.8) is 0 Å². The number of methoxy groups -OCH3 is 3. The maximum absolute atomic E-state index is 14.3. The molecule has 115 heavy (non-hydrogen) atoms. The Kier molecular flexibility index (Phi) is 26.5. The van der Waals surface area contributed by atoms with Crippen LogP contribution in [-0.2, 0) is 38.6 Å². The number of amides is 1. The van der Waals surface area contributed by atoms with E-state index >= 15 is 0 Å². The maximum Gasteiger partial charge on any atom is 0.408 e. The molecule has 13 aromatic rings. The number of nitrogens with zero attached hydrogens (tertiary/aromatic N) is 11. The molecule has 6 heterocycles. The van der Waals surface area contributed by atoms with Crippen molar-refractivity contribution in [2.45, 2.75) is 104 Å². The molecule has 0 aliphatic rings. The summed E-state index contributed by atoms with van der Waals surface area (Å²) in [7, 11) is 3.98. The average molecular weight is 1550 g/mol. The lowest BCUT2D eigenvalue weighted by Crippen LogP contribution is -2.37. The Hall–Kier alpha value is -14.5. The number of nitriles is 1. The molecule has 0 unspecified atom stereocenters. The Morgan fingerprint density at radius 3 is 1.27 bits per heavy atom. The monoisotopic (exact) mass is 1550 g/mol. The minimum Gasteiger partial charge on any atom is -0.465 e. The molecule has 0 saturated carbocycles. The molecule has 3 atom stereocenters. The Morgan fingerprint density at radius 1 is 0.478 bits per heavy atom. The summed E-state index contributed by atoms with van der Waals surface area (Å²) in [5, 5.41) is 27.0. The van der Waals surface area contributed by atoms with E-state index in [0.29, 0.717) is 151 Å². The van der Waals surface area contributed by atoms with Crippen LogP contribution in [0.5, 0.6) is 0 Å². The number of carbonyl (C=O) groups is 4. The summed E-state index contributed by atoms with van der Waals surface area (Å²) in [6.45, 7) is 12.3. The van der Waals surface area contributed by atoms with Gasteiger partial charge in [0.2, 0.25) is 0 Å². The average Bonchev–Trinajstić information content (AvgIpc) is 0.765. The van der Waals surface area contributed by atoms with Crippen molar-refractivity contribution in [2.75, 3.05) is 48.3 Å². The van der Waals surface area contributed by atoms with E-state index in [1.807, 2.05) is 166 Å². The van der Waals surface area contributed by atoms with E-state index in [2.05, 4.69) is 46.5 Å². The first-order valence-corrected chi connectivity index (χ1v) is 36.9. The molecule has 0 saturated heterocycles. The third kappa shape index (κ3) is 19.3. The summed E-state index contributed by atoms with van der Waals surface area (Å²) >= 11 is 0. The van der Waals surface area contributed by atoms with Gasteiger partial charge in [-0.25, -0.2) is 44.1 Å². The fourth-order valence-corrected chi connectivity index (χ4v) is 12.5. The number of nitrogens with one attached hydrogen (secondary N) is 5. The normalized spacial score (nSPS) is 11.8. The first-order chi connectivity index (χ1) is 55.6. The van der Waals surface area contributed by atoms with Gasteiger partial charge < -0.3 is 57.0 Å². The van der Waals surface area contributed by atoms with E-state index < -0.39 is 41.7 Å². The SMILES string of the molecule is CC[C@H](N)c1nc2cccc(NCc3ccc(C(=O)OC)cn3)c2c(=O)n1-c1ccccc1.CC[C@H](NC(=O)OC(C)(C)C)c1nc2cccc(NCc3ccc(C(=O)OC)cn3)c2c(=O)n1-c1ccccc1.CC[C@H](Nc1ncnc(N)c1C#N)c1nc2cccc(NCc3ccc(C(=O)OC)cc3)c2c(=O)n1-c1ccccc1. The molecule has 29 nitrogen and oxygen atoms in total. The first-order valence-electron chi connectivity index (χ1n) is 36.9. The van der Waals surface area contributed by atoms with Crippen molar-refractivity contribution in [2.24, 2.45) is 5.73 Å². The van der Waals surface area contributed by atoms with Gasteiger partial charge in [-0.1, -0.05) is 106 Å². The lowest BCUT2D eigenvalue weighted by molar-refractivity contribution is 0.0496.